The minimum absolute atomic E-state index is 0.389. The van der Waals surface area contributed by atoms with Gasteiger partial charge in [-0.1, -0.05) is 26.0 Å². The van der Waals surface area contributed by atoms with E-state index in [-0.39, 0.29) is 0 Å². The van der Waals surface area contributed by atoms with Crippen molar-refractivity contribution in [3.05, 3.63) is 58.7 Å². The van der Waals surface area contributed by atoms with Gasteiger partial charge in [-0.25, -0.2) is 4.98 Å². The molecule has 0 radical (unpaired) electrons. The second kappa shape index (κ2) is 5.77. The van der Waals surface area contributed by atoms with E-state index >= 15 is 0 Å². The van der Waals surface area contributed by atoms with Crippen LogP contribution in [0.15, 0.2) is 48.1 Å². The summed E-state index contributed by atoms with van der Waals surface area (Å²) >= 11 is 1.81. The first kappa shape index (κ1) is 13.3. The predicted octanol–water partition coefficient (Wildman–Crippen LogP) is 3.88. The fourth-order valence-electron chi connectivity index (χ4n) is 2.42. The highest BCUT2D eigenvalue weighted by molar-refractivity contribution is 7.10. The van der Waals surface area contributed by atoms with Crippen LogP contribution in [0.3, 0.4) is 0 Å². The largest absolute Gasteiger partial charge is 0.307 e. The maximum atomic E-state index is 4.63. The Labute approximate surface area is 123 Å². The normalized spacial score (nSPS) is 13.2. The highest BCUT2D eigenvalue weighted by Gasteiger charge is 2.16. The number of nitrogens with one attached hydrogen (secondary N) is 1. The molecule has 0 fully saturated rings. The molecular formula is C16H19N3S. The Morgan fingerprint density at radius 3 is 2.85 bits per heavy atom. The Balaban J connectivity index is 1.74. The van der Waals surface area contributed by atoms with Crippen molar-refractivity contribution in [1.82, 2.24) is 14.7 Å². The van der Waals surface area contributed by atoms with Gasteiger partial charge in [-0.2, -0.15) is 0 Å². The zero-order chi connectivity index (χ0) is 13.9. The summed E-state index contributed by atoms with van der Waals surface area (Å²) in [5, 5.41) is 5.77. The molecule has 0 saturated carbocycles. The second-order valence-corrected chi connectivity index (χ2v) is 6.30. The van der Waals surface area contributed by atoms with E-state index in [1.165, 1.54) is 4.88 Å². The molecule has 20 heavy (non-hydrogen) atoms. The van der Waals surface area contributed by atoms with Gasteiger partial charge in [-0.15, -0.1) is 11.3 Å². The van der Waals surface area contributed by atoms with Gasteiger partial charge < -0.3 is 9.72 Å². The smallest absolute Gasteiger partial charge is 0.137 e. The van der Waals surface area contributed by atoms with E-state index in [9.17, 15) is 0 Å². The molecule has 3 heterocycles. The van der Waals surface area contributed by atoms with Crippen molar-refractivity contribution in [1.29, 1.82) is 0 Å². The van der Waals surface area contributed by atoms with E-state index in [0.29, 0.717) is 12.0 Å². The maximum Gasteiger partial charge on any atom is 0.137 e. The molecule has 3 nitrogen and oxygen atoms in total. The molecule has 3 aromatic heterocycles. The zero-order valence-electron chi connectivity index (χ0n) is 11.8. The fraction of sp³-hybridized carbons (Fsp3) is 0.312. The molecule has 4 heteroatoms. The molecule has 104 valence electrons. The van der Waals surface area contributed by atoms with Gasteiger partial charge in [-0.3, -0.25) is 0 Å². The lowest BCUT2D eigenvalue weighted by molar-refractivity contribution is 0.414. The van der Waals surface area contributed by atoms with Crippen molar-refractivity contribution in [2.24, 2.45) is 5.92 Å². The van der Waals surface area contributed by atoms with Gasteiger partial charge in [0.25, 0.3) is 0 Å². The van der Waals surface area contributed by atoms with Crippen LogP contribution >= 0.6 is 11.3 Å². The number of hydrogen-bond donors (Lipinski definition) is 1. The first-order valence-corrected chi connectivity index (χ1v) is 7.81. The summed E-state index contributed by atoms with van der Waals surface area (Å²) in [6.07, 6.45) is 4.12. The van der Waals surface area contributed by atoms with E-state index in [2.05, 4.69) is 52.3 Å². The Morgan fingerprint density at radius 2 is 2.15 bits per heavy atom. The van der Waals surface area contributed by atoms with Gasteiger partial charge in [0.1, 0.15) is 5.65 Å². The second-order valence-electron chi connectivity index (χ2n) is 5.32. The van der Waals surface area contributed by atoms with Crippen molar-refractivity contribution < 1.29 is 0 Å². The Morgan fingerprint density at radius 1 is 1.25 bits per heavy atom. The van der Waals surface area contributed by atoms with Crippen LogP contribution in [0.5, 0.6) is 0 Å². The van der Waals surface area contributed by atoms with E-state index in [1.807, 2.05) is 35.7 Å². The SMILES string of the molecule is CC(C)C(NCc1cn2ccccc2n1)c1cccs1. The Kier molecular flexibility index (Phi) is 3.85. The van der Waals surface area contributed by atoms with Crippen LogP contribution in [0.25, 0.3) is 5.65 Å². The van der Waals surface area contributed by atoms with Gasteiger partial charge >= 0.3 is 0 Å². The highest BCUT2D eigenvalue weighted by atomic mass is 32.1. The van der Waals surface area contributed by atoms with Crippen LogP contribution in [0.2, 0.25) is 0 Å². The Bertz CT molecular complexity index is 637. The summed E-state index contributed by atoms with van der Waals surface area (Å²) in [5.74, 6) is 0.561. The number of fused-ring (bicyclic) bond motifs is 1. The van der Waals surface area contributed by atoms with E-state index in [0.717, 1.165) is 17.9 Å². The van der Waals surface area contributed by atoms with Crippen LogP contribution in [-0.4, -0.2) is 9.38 Å². The average Bonchev–Trinajstić information content (AvgIpc) is 3.06. The van der Waals surface area contributed by atoms with E-state index in [4.69, 9.17) is 0 Å². The third-order valence-corrected chi connectivity index (χ3v) is 4.39. The molecule has 0 aliphatic rings. The molecule has 0 aliphatic carbocycles. The molecule has 3 aromatic rings. The number of thiophene rings is 1. The van der Waals surface area contributed by atoms with Crippen molar-refractivity contribution in [2.45, 2.75) is 26.4 Å². The summed E-state index contributed by atoms with van der Waals surface area (Å²) in [7, 11) is 0. The number of nitrogens with zero attached hydrogens (tertiary/aromatic N) is 2. The molecule has 1 atom stereocenters. The molecular weight excluding hydrogens is 266 g/mol. The Hall–Kier alpha value is -1.65. The molecule has 1 N–H and O–H groups in total. The standard InChI is InChI=1S/C16H19N3S/c1-12(2)16(14-6-5-9-20-14)17-10-13-11-19-8-4-3-7-15(19)18-13/h3-9,11-12,16-17H,10H2,1-2H3. The highest BCUT2D eigenvalue weighted by Crippen LogP contribution is 2.26. The van der Waals surface area contributed by atoms with E-state index in [1.54, 1.807) is 0 Å². The summed E-state index contributed by atoms with van der Waals surface area (Å²) in [6.45, 7) is 5.30. The van der Waals surface area contributed by atoms with Crippen LogP contribution in [0.4, 0.5) is 0 Å². The minimum Gasteiger partial charge on any atom is -0.307 e. The third-order valence-electron chi connectivity index (χ3n) is 3.43. The first-order valence-electron chi connectivity index (χ1n) is 6.93. The van der Waals surface area contributed by atoms with Gasteiger partial charge in [0.2, 0.25) is 0 Å². The van der Waals surface area contributed by atoms with Crippen molar-refractivity contribution in [3.63, 3.8) is 0 Å². The predicted molar refractivity (Wildman–Crippen MR) is 83.9 cm³/mol. The molecule has 3 rings (SSSR count). The van der Waals surface area contributed by atoms with Gasteiger partial charge in [0.05, 0.1) is 5.69 Å². The lowest BCUT2D eigenvalue weighted by atomic mass is 10.0. The van der Waals surface area contributed by atoms with Crippen LogP contribution in [0.1, 0.15) is 30.5 Å². The van der Waals surface area contributed by atoms with E-state index < -0.39 is 0 Å². The monoisotopic (exact) mass is 285 g/mol. The van der Waals surface area contributed by atoms with Crippen molar-refractivity contribution in [2.75, 3.05) is 0 Å². The van der Waals surface area contributed by atoms with Crippen LogP contribution in [-0.2, 0) is 6.54 Å². The van der Waals surface area contributed by atoms with Crippen LogP contribution < -0.4 is 5.32 Å². The number of aromatic nitrogens is 2. The summed E-state index contributed by atoms with van der Waals surface area (Å²) in [6, 6.07) is 10.8. The first-order chi connectivity index (χ1) is 9.74. The zero-order valence-corrected chi connectivity index (χ0v) is 12.6. The molecule has 1 unspecified atom stereocenters. The minimum atomic E-state index is 0.389. The molecule has 0 aromatic carbocycles. The summed E-state index contributed by atoms with van der Waals surface area (Å²) in [4.78, 5) is 6.02. The third kappa shape index (κ3) is 2.76. The van der Waals surface area contributed by atoms with Crippen LogP contribution in [0, 0.1) is 5.92 Å². The van der Waals surface area contributed by atoms with Gasteiger partial charge in [-0.05, 0) is 29.5 Å². The maximum absolute atomic E-state index is 4.63. The number of rotatable bonds is 5. The molecule has 0 bridgehead atoms. The van der Waals surface area contributed by atoms with Gasteiger partial charge in [0, 0.05) is 29.9 Å². The molecule has 0 amide bonds. The molecule has 0 spiro atoms. The fourth-order valence-corrected chi connectivity index (χ4v) is 3.39. The lowest BCUT2D eigenvalue weighted by Gasteiger charge is -2.20. The number of pyridine rings is 1. The number of imidazole rings is 1. The van der Waals surface area contributed by atoms with Crippen molar-refractivity contribution >= 4 is 17.0 Å². The number of hydrogen-bond acceptors (Lipinski definition) is 3. The molecule has 0 aliphatic heterocycles. The quantitative estimate of drug-likeness (QED) is 0.771. The lowest BCUT2D eigenvalue weighted by Crippen LogP contribution is -2.24. The van der Waals surface area contributed by atoms with Crippen molar-refractivity contribution in [3.8, 4) is 0 Å². The van der Waals surface area contributed by atoms with Gasteiger partial charge in [0.15, 0.2) is 0 Å². The summed E-state index contributed by atoms with van der Waals surface area (Å²) in [5.41, 5.74) is 2.08. The average molecular weight is 285 g/mol. The topological polar surface area (TPSA) is 29.3 Å². The summed E-state index contributed by atoms with van der Waals surface area (Å²) < 4.78 is 2.06. The molecule has 0 saturated heterocycles.